The monoisotopic (exact) mass is 295 g/mol. The molecular weight excluding hydrogens is 278 g/mol. The highest BCUT2D eigenvalue weighted by Gasteiger charge is 2.05. The third-order valence-corrected chi connectivity index (χ3v) is 3.25. The average molecular weight is 296 g/mol. The van der Waals surface area contributed by atoms with E-state index < -0.39 is 0 Å². The lowest BCUT2D eigenvalue weighted by molar-refractivity contribution is 0.303. The molecule has 0 amide bonds. The summed E-state index contributed by atoms with van der Waals surface area (Å²) < 4.78 is 5.79. The maximum absolute atomic E-state index is 8.43. The van der Waals surface area contributed by atoms with E-state index in [1.807, 2.05) is 0 Å². The van der Waals surface area contributed by atoms with Gasteiger partial charge in [0.05, 0.1) is 12.7 Å². The Kier molecular flexibility index (Phi) is 6.07. The third-order valence-electron chi connectivity index (χ3n) is 2.60. The van der Waals surface area contributed by atoms with Crippen LogP contribution >= 0.6 is 15.9 Å². The number of rotatable bonds is 6. The van der Waals surface area contributed by atoms with Gasteiger partial charge in [0.1, 0.15) is 5.75 Å². The molecule has 2 nitrogen and oxygen atoms in total. The predicted molar refractivity (Wildman–Crippen MR) is 73.5 cm³/mol. The molecule has 0 radical (unpaired) electrons. The molecule has 0 aliphatic heterocycles. The fraction of sp³-hybridized carbons (Fsp3) is 0.500. The summed E-state index contributed by atoms with van der Waals surface area (Å²) in [5.74, 6) is 0.992. The second-order valence-corrected chi connectivity index (χ2v) is 4.72. The first-order valence-corrected chi connectivity index (χ1v) is 6.97. The van der Waals surface area contributed by atoms with E-state index in [4.69, 9.17) is 10.00 Å². The van der Waals surface area contributed by atoms with Gasteiger partial charge in [-0.25, -0.2) is 0 Å². The number of alkyl halides is 1. The van der Waals surface area contributed by atoms with Crippen molar-refractivity contribution in [3.05, 3.63) is 28.8 Å². The van der Waals surface area contributed by atoms with Crippen molar-refractivity contribution in [3.63, 3.8) is 0 Å². The van der Waals surface area contributed by atoms with Crippen molar-refractivity contribution >= 4 is 15.9 Å². The Morgan fingerprint density at radius 1 is 1.24 bits per heavy atom. The number of hydrogen-bond acceptors (Lipinski definition) is 2. The summed E-state index contributed by atoms with van der Waals surface area (Å²) in [5, 5.41) is 9.31. The van der Waals surface area contributed by atoms with Gasteiger partial charge in [-0.15, -0.1) is 0 Å². The van der Waals surface area contributed by atoms with Crippen molar-refractivity contribution in [1.29, 1.82) is 5.26 Å². The van der Waals surface area contributed by atoms with E-state index in [1.54, 1.807) is 0 Å². The molecule has 0 atom stereocenters. The fourth-order valence-corrected chi connectivity index (χ4v) is 2.15. The molecular formula is C14H18BrNO. The largest absolute Gasteiger partial charge is 0.493 e. The Labute approximate surface area is 112 Å². The number of benzene rings is 1. The van der Waals surface area contributed by atoms with Crippen molar-refractivity contribution in [2.45, 2.75) is 38.4 Å². The number of ether oxygens (including phenoxy) is 1. The lowest BCUT2D eigenvalue weighted by atomic mass is 10.1. The van der Waals surface area contributed by atoms with E-state index in [9.17, 15) is 0 Å². The van der Waals surface area contributed by atoms with Crippen molar-refractivity contribution < 1.29 is 4.74 Å². The summed E-state index contributed by atoms with van der Waals surface area (Å²) in [7, 11) is 0. The van der Waals surface area contributed by atoms with Crippen molar-refractivity contribution in [2.75, 3.05) is 6.61 Å². The van der Waals surface area contributed by atoms with Crippen LogP contribution in [0.4, 0.5) is 0 Å². The summed E-state index contributed by atoms with van der Waals surface area (Å²) in [6.45, 7) is 4.84. The van der Waals surface area contributed by atoms with Crippen LogP contribution in [0.5, 0.6) is 5.75 Å². The number of hydrogen-bond donors (Lipinski definition) is 0. The van der Waals surface area contributed by atoms with Crippen LogP contribution in [0.25, 0.3) is 0 Å². The molecule has 1 aromatic rings. The molecule has 0 bridgehead atoms. The van der Waals surface area contributed by atoms with Crippen LogP contribution in [0.15, 0.2) is 12.1 Å². The van der Waals surface area contributed by atoms with Crippen LogP contribution in [0.1, 0.15) is 36.0 Å². The van der Waals surface area contributed by atoms with E-state index in [-0.39, 0.29) is 0 Å². The van der Waals surface area contributed by atoms with Gasteiger partial charge in [0.15, 0.2) is 0 Å². The van der Waals surface area contributed by atoms with Crippen LogP contribution in [0, 0.1) is 25.2 Å². The van der Waals surface area contributed by atoms with E-state index in [0.717, 1.165) is 23.9 Å². The molecule has 0 aliphatic rings. The van der Waals surface area contributed by atoms with Gasteiger partial charge in [-0.05, 0) is 43.4 Å². The smallest absolute Gasteiger partial charge is 0.125 e. The number of aryl methyl sites for hydroxylation is 2. The van der Waals surface area contributed by atoms with Crippen LogP contribution in [0.3, 0.4) is 0 Å². The minimum absolute atomic E-state index is 0.615. The van der Waals surface area contributed by atoms with E-state index >= 15 is 0 Å². The average Bonchev–Trinajstić information content (AvgIpc) is 2.31. The molecule has 0 saturated heterocycles. The summed E-state index contributed by atoms with van der Waals surface area (Å²) >= 11 is 3.46. The Morgan fingerprint density at radius 3 is 2.41 bits per heavy atom. The zero-order chi connectivity index (χ0) is 12.7. The van der Waals surface area contributed by atoms with Gasteiger partial charge < -0.3 is 4.74 Å². The molecule has 0 unspecified atom stereocenters. The second-order valence-electron chi connectivity index (χ2n) is 4.16. The molecule has 92 valence electrons. The fourth-order valence-electron chi connectivity index (χ4n) is 1.83. The molecule has 17 heavy (non-hydrogen) atoms. The molecule has 0 heterocycles. The van der Waals surface area contributed by atoms with Crippen molar-refractivity contribution in [2.24, 2.45) is 0 Å². The van der Waals surface area contributed by atoms with Gasteiger partial charge in [0.2, 0.25) is 0 Å². The Morgan fingerprint density at radius 2 is 1.88 bits per heavy atom. The van der Waals surface area contributed by atoms with Gasteiger partial charge in [-0.3, -0.25) is 0 Å². The molecule has 0 spiro atoms. The maximum atomic E-state index is 8.43. The number of nitrogens with zero attached hydrogens (tertiary/aromatic N) is 1. The quantitative estimate of drug-likeness (QED) is 0.580. The highest BCUT2D eigenvalue weighted by Crippen LogP contribution is 2.26. The topological polar surface area (TPSA) is 33.0 Å². The first-order valence-electron chi connectivity index (χ1n) is 5.85. The van der Waals surface area contributed by atoms with Gasteiger partial charge in [0, 0.05) is 11.8 Å². The zero-order valence-corrected chi connectivity index (χ0v) is 12.0. The third kappa shape index (κ3) is 4.40. The normalized spacial score (nSPS) is 10.0. The molecule has 0 N–H and O–H groups in total. The molecule has 0 aliphatic carbocycles. The van der Waals surface area contributed by atoms with Crippen molar-refractivity contribution in [3.8, 4) is 11.8 Å². The zero-order valence-electron chi connectivity index (χ0n) is 10.4. The van der Waals surface area contributed by atoms with E-state index in [1.165, 1.54) is 16.7 Å². The van der Waals surface area contributed by atoms with Crippen molar-refractivity contribution in [1.82, 2.24) is 0 Å². The highest BCUT2D eigenvalue weighted by atomic mass is 79.9. The lowest BCUT2D eigenvalue weighted by Gasteiger charge is -2.13. The molecule has 3 heteroatoms. The van der Waals surface area contributed by atoms with Crippen LogP contribution in [0.2, 0.25) is 0 Å². The Balaban J connectivity index is 2.56. The summed E-state index contributed by atoms with van der Waals surface area (Å²) in [6, 6.07) is 6.43. The highest BCUT2D eigenvalue weighted by molar-refractivity contribution is 9.08. The number of nitriles is 1. The Bertz CT molecular complexity index is 386. The number of halogens is 1. The molecule has 1 aromatic carbocycles. The SMILES string of the molecule is Cc1cc(CBr)cc(C)c1OCCCCC#N. The van der Waals surface area contributed by atoms with Gasteiger partial charge in [0.25, 0.3) is 0 Å². The summed E-state index contributed by atoms with van der Waals surface area (Å²) in [5.41, 5.74) is 3.64. The summed E-state index contributed by atoms with van der Waals surface area (Å²) in [4.78, 5) is 0. The van der Waals surface area contributed by atoms with Crippen LogP contribution in [-0.2, 0) is 5.33 Å². The van der Waals surface area contributed by atoms with Gasteiger partial charge in [-0.1, -0.05) is 28.1 Å². The summed E-state index contributed by atoms with van der Waals surface area (Å²) in [6.07, 6.45) is 2.46. The van der Waals surface area contributed by atoms with Crippen LogP contribution in [-0.4, -0.2) is 6.61 Å². The predicted octanol–water partition coefficient (Wildman–Crippen LogP) is 4.27. The van der Waals surface area contributed by atoms with E-state index in [0.29, 0.717) is 13.0 Å². The standard InChI is InChI=1S/C14H18BrNO/c1-11-8-13(10-15)9-12(2)14(11)17-7-5-3-4-6-16/h8-9H,3-5,7,10H2,1-2H3. The number of unbranched alkanes of at least 4 members (excludes halogenated alkanes) is 2. The minimum Gasteiger partial charge on any atom is -0.493 e. The molecule has 0 saturated carbocycles. The molecule has 0 fully saturated rings. The lowest BCUT2D eigenvalue weighted by Crippen LogP contribution is -2.01. The van der Waals surface area contributed by atoms with Gasteiger partial charge in [-0.2, -0.15) is 5.26 Å². The van der Waals surface area contributed by atoms with Gasteiger partial charge >= 0.3 is 0 Å². The Hall–Kier alpha value is -1.01. The minimum atomic E-state index is 0.615. The first kappa shape index (κ1) is 14.1. The first-order chi connectivity index (χ1) is 8.19. The molecule has 0 aromatic heterocycles. The van der Waals surface area contributed by atoms with Crippen LogP contribution < -0.4 is 4.74 Å². The molecule has 1 rings (SSSR count). The second kappa shape index (κ2) is 7.34. The maximum Gasteiger partial charge on any atom is 0.125 e. The van der Waals surface area contributed by atoms with E-state index in [2.05, 4.69) is 48.0 Å².